The first-order valence-corrected chi connectivity index (χ1v) is 6.18. The van der Waals surface area contributed by atoms with E-state index in [0.29, 0.717) is 18.8 Å². The van der Waals surface area contributed by atoms with Gasteiger partial charge in [0.05, 0.1) is 5.52 Å². The summed E-state index contributed by atoms with van der Waals surface area (Å²) in [5, 5.41) is 2.28. The van der Waals surface area contributed by atoms with Crippen LogP contribution in [0.15, 0.2) is 29.1 Å². The lowest BCUT2D eigenvalue weighted by atomic mass is 10.3. The lowest BCUT2D eigenvalue weighted by molar-refractivity contribution is -0.120. The number of halogens is 1. The van der Waals surface area contributed by atoms with Gasteiger partial charge < -0.3 is 4.40 Å². The number of hydrogen-bond acceptors (Lipinski definition) is 3. The highest BCUT2D eigenvalue weighted by atomic mass is 79.9. The number of amides is 3. The summed E-state index contributed by atoms with van der Waals surface area (Å²) in [6.45, 7) is 0.355. The highest BCUT2D eigenvalue weighted by Crippen LogP contribution is 2.23. The lowest BCUT2D eigenvalue weighted by Gasteiger charge is -2.24. The van der Waals surface area contributed by atoms with Crippen LogP contribution in [0.5, 0.6) is 0 Å². The Hall–Kier alpha value is -1.89. The highest BCUT2D eigenvalue weighted by Gasteiger charge is 2.26. The number of anilines is 1. The van der Waals surface area contributed by atoms with Crippen LogP contribution < -0.4 is 10.2 Å². The molecule has 1 aliphatic rings. The smallest absolute Gasteiger partial charge is 0.303 e. The first kappa shape index (κ1) is 11.2. The molecular weight excluding hydrogens is 300 g/mol. The molecule has 1 fully saturated rings. The largest absolute Gasteiger partial charge is 0.329 e. The molecule has 0 spiro atoms. The molecule has 0 atom stereocenters. The van der Waals surface area contributed by atoms with Crippen molar-refractivity contribution in [1.82, 2.24) is 14.7 Å². The van der Waals surface area contributed by atoms with Crippen LogP contribution in [0, 0.1) is 0 Å². The van der Waals surface area contributed by atoms with E-state index in [4.69, 9.17) is 0 Å². The number of carbonyl (C=O) groups is 2. The second-order valence-electron chi connectivity index (χ2n) is 3.96. The van der Waals surface area contributed by atoms with Crippen LogP contribution in [0.4, 0.5) is 10.6 Å². The summed E-state index contributed by atoms with van der Waals surface area (Å²) >= 11 is 3.37. The Balaban J connectivity index is 2.04. The van der Waals surface area contributed by atoms with Crippen molar-refractivity contribution in [2.75, 3.05) is 11.4 Å². The molecule has 1 aliphatic heterocycles. The van der Waals surface area contributed by atoms with Crippen LogP contribution in [0.25, 0.3) is 5.52 Å². The van der Waals surface area contributed by atoms with Gasteiger partial charge in [-0.2, -0.15) is 0 Å². The van der Waals surface area contributed by atoms with Gasteiger partial charge in [0, 0.05) is 23.6 Å². The quantitative estimate of drug-likeness (QED) is 0.869. The van der Waals surface area contributed by atoms with Crippen LogP contribution in [0.3, 0.4) is 0 Å². The van der Waals surface area contributed by atoms with Crippen LogP contribution in [0.1, 0.15) is 6.42 Å². The second kappa shape index (κ2) is 4.09. The third-order valence-electron chi connectivity index (χ3n) is 2.78. The number of aromatic nitrogens is 2. The van der Waals surface area contributed by atoms with Gasteiger partial charge in [-0.15, -0.1) is 0 Å². The molecule has 3 rings (SSSR count). The first-order valence-electron chi connectivity index (χ1n) is 5.39. The molecule has 1 N–H and O–H groups in total. The summed E-state index contributed by atoms with van der Waals surface area (Å²) in [6.07, 6.45) is 3.79. The minimum absolute atomic E-state index is 0.248. The van der Waals surface area contributed by atoms with Crippen molar-refractivity contribution >= 4 is 39.2 Å². The third-order valence-corrected chi connectivity index (χ3v) is 3.25. The van der Waals surface area contributed by atoms with Gasteiger partial charge in [0.25, 0.3) is 0 Å². The van der Waals surface area contributed by atoms with Gasteiger partial charge in [0.15, 0.2) is 5.82 Å². The molecule has 0 aliphatic carbocycles. The van der Waals surface area contributed by atoms with E-state index in [1.807, 2.05) is 22.7 Å². The fourth-order valence-electron chi connectivity index (χ4n) is 1.93. The fourth-order valence-corrected chi connectivity index (χ4v) is 2.29. The van der Waals surface area contributed by atoms with Crippen molar-refractivity contribution < 1.29 is 9.59 Å². The summed E-state index contributed by atoms with van der Waals surface area (Å²) < 4.78 is 2.75. The summed E-state index contributed by atoms with van der Waals surface area (Å²) in [6, 6.07) is 3.33. The zero-order valence-corrected chi connectivity index (χ0v) is 10.8. The van der Waals surface area contributed by atoms with E-state index in [2.05, 4.69) is 26.2 Å². The van der Waals surface area contributed by atoms with E-state index in [-0.39, 0.29) is 5.91 Å². The molecule has 3 amide bonds. The number of imidazole rings is 1. The monoisotopic (exact) mass is 308 g/mol. The van der Waals surface area contributed by atoms with Crippen LogP contribution >= 0.6 is 15.9 Å². The number of urea groups is 1. The Labute approximate surface area is 111 Å². The van der Waals surface area contributed by atoms with Gasteiger partial charge in [-0.05, 0) is 28.1 Å². The number of hydrogen-bond donors (Lipinski definition) is 1. The average molecular weight is 309 g/mol. The van der Waals surface area contributed by atoms with Crippen molar-refractivity contribution in [3.8, 4) is 0 Å². The van der Waals surface area contributed by atoms with Crippen molar-refractivity contribution in [1.29, 1.82) is 0 Å². The molecule has 0 aromatic carbocycles. The number of fused-ring (bicyclic) bond motifs is 1. The number of pyridine rings is 1. The average Bonchev–Trinajstić information content (AvgIpc) is 2.72. The zero-order chi connectivity index (χ0) is 12.7. The van der Waals surface area contributed by atoms with Gasteiger partial charge in [-0.25, -0.2) is 9.78 Å². The van der Waals surface area contributed by atoms with Crippen molar-refractivity contribution in [2.45, 2.75) is 6.42 Å². The van der Waals surface area contributed by atoms with Crippen molar-refractivity contribution in [3.05, 3.63) is 29.1 Å². The number of carbonyl (C=O) groups excluding carboxylic acids is 2. The third kappa shape index (κ3) is 1.76. The van der Waals surface area contributed by atoms with E-state index in [9.17, 15) is 9.59 Å². The maximum atomic E-state index is 11.7. The maximum Gasteiger partial charge on any atom is 0.329 e. The molecular formula is C11H9BrN4O2. The normalized spacial score (nSPS) is 16.2. The van der Waals surface area contributed by atoms with Crippen LogP contribution in [-0.4, -0.2) is 27.9 Å². The Kier molecular flexibility index (Phi) is 2.55. The highest BCUT2D eigenvalue weighted by molar-refractivity contribution is 9.10. The second-order valence-corrected chi connectivity index (χ2v) is 4.88. The molecule has 0 saturated carbocycles. The van der Waals surface area contributed by atoms with Gasteiger partial charge in [-0.1, -0.05) is 0 Å². The van der Waals surface area contributed by atoms with Crippen molar-refractivity contribution in [3.63, 3.8) is 0 Å². The number of nitrogens with zero attached hydrogens (tertiary/aromatic N) is 3. The van der Waals surface area contributed by atoms with Gasteiger partial charge >= 0.3 is 6.03 Å². The maximum absolute atomic E-state index is 11.7. The number of nitrogens with one attached hydrogen (secondary N) is 1. The molecule has 1 saturated heterocycles. The minimum atomic E-state index is -0.422. The SMILES string of the molecule is O=C1CCN(c2ncn3cc(Br)ccc23)C(=O)N1. The fraction of sp³-hybridized carbons (Fsp3) is 0.182. The topological polar surface area (TPSA) is 66.7 Å². The van der Waals surface area contributed by atoms with Crippen LogP contribution in [0.2, 0.25) is 0 Å². The summed E-state index contributed by atoms with van der Waals surface area (Å²) in [4.78, 5) is 28.6. The van der Waals surface area contributed by atoms with Gasteiger partial charge in [-0.3, -0.25) is 15.0 Å². The van der Waals surface area contributed by atoms with E-state index < -0.39 is 6.03 Å². The molecule has 0 radical (unpaired) electrons. The standard InChI is InChI=1S/C11H9BrN4O2/c12-7-1-2-8-10(13-6-15(8)5-7)16-4-3-9(17)14-11(16)18/h1-2,5-6H,3-4H2,(H,14,17,18). The Morgan fingerprint density at radius 2 is 2.17 bits per heavy atom. The number of rotatable bonds is 1. The van der Waals surface area contributed by atoms with Crippen molar-refractivity contribution in [2.24, 2.45) is 0 Å². The molecule has 92 valence electrons. The Bertz CT molecular complexity index is 652. The van der Waals surface area contributed by atoms with E-state index in [0.717, 1.165) is 9.99 Å². The molecule has 3 heterocycles. The van der Waals surface area contributed by atoms with E-state index in [1.54, 1.807) is 6.33 Å². The van der Waals surface area contributed by atoms with Crippen LogP contribution in [-0.2, 0) is 4.79 Å². The molecule has 18 heavy (non-hydrogen) atoms. The Morgan fingerprint density at radius 1 is 1.33 bits per heavy atom. The van der Waals surface area contributed by atoms with Gasteiger partial charge in [0.2, 0.25) is 5.91 Å². The Morgan fingerprint density at radius 3 is 2.94 bits per heavy atom. The summed E-state index contributed by atoms with van der Waals surface area (Å²) in [7, 11) is 0. The molecule has 0 bridgehead atoms. The summed E-state index contributed by atoms with van der Waals surface area (Å²) in [5.74, 6) is 0.315. The molecule has 2 aromatic heterocycles. The predicted octanol–water partition coefficient (Wildman–Crippen LogP) is 1.54. The molecule has 6 nitrogen and oxygen atoms in total. The number of imide groups is 1. The van der Waals surface area contributed by atoms with Gasteiger partial charge in [0.1, 0.15) is 6.33 Å². The van der Waals surface area contributed by atoms with E-state index in [1.165, 1.54) is 4.90 Å². The molecule has 2 aromatic rings. The lowest BCUT2D eigenvalue weighted by Crippen LogP contribution is -2.49. The summed E-state index contributed by atoms with van der Waals surface area (Å²) in [5.41, 5.74) is 0.822. The first-order chi connectivity index (χ1) is 8.65. The molecule has 0 unspecified atom stereocenters. The van der Waals surface area contributed by atoms with E-state index >= 15 is 0 Å². The zero-order valence-electron chi connectivity index (χ0n) is 9.26. The molecule has 7 heteroatoms. The minimum Gasteiger partial charge on any atom is -0.303 e. The predicted molar refractivity (Wildman–Crippen MR) is 68.4 cm³/mol.